The van der Waals surface area contributed by atoms with Gasteiger partial charge in [-0.1, -0.05) is 150 Å². The van der Waals surface area contributed by atoms with Crippen LogP contribution in [0.3, 0.4) is 0 Å². The fourth-order valence-electron chi connectivity index (χ4n) is 21.6. The van der Waals surface area contributed by atoms with E-state index >= 15 is 0 Å². The molecule has 446 valence electrons. The third kappa shape index (κ3) is 18.0. The van der Waals surface area contributed by atoms with Crippen LogP contribution in [0.1, 0.15) is 368 Å². The highest BCUT2D eigenvalue weighted by Gasteiger charge is 2.57. The van der Waals surface area contributed by atoms with Gasteiger partial charge in [0.25, 0.3) is 0 Å². The molecule has 2 heteroatoms. The van der Waals surface area contributed by atoms with Crippen LogP contribution in [0.25, 0.3) is 0 Å². The summed E-state index contributed by atoms with van der Waals surface area (Å²) < 4.78 is 12.7. The summed E-state index contributed by atoms with van der Waals surface area (Å²) in [7, 11) is 0. The molecule has 0 aliphatic heterocycles. The minimum atomic E-state index is 0.579. The van der Waals surface area contributed by atoms with Gasteiger partial charge in [-0.25, -0.2) is 0 Å². The average molecular weight is 1070 g/mol. The van der Waals surface area contributed by atoms with Crippen LogP contribution in [0.5, 0.6) is 0 Å². The van der Waals surface area contributed by atoms with Crippen LogP contribution in [0.2, 0.25) is 0 Å². The molecule has 10 aliphatic rings. The number of hydrogen-bond donors (Lipinski definition) is 0. The topological polar surface area (TPSA) is 18.5 Å². The summed E-state index contributed by atoms with van der Waals surface area (Å²) in [4.78, 5) is 0. The number of rotatable bonds is 25. The molecule has 10 fully saturated rings. The molecule has 0 N–H and O–H groups in total. The SMILES string of the molecule is CCCCCCCCCCO[C@H]1CC[C@H](C2CCC3(CC2)CC2(CCC([C@H]4CC[C@H](OCCCCCCCCCC)CC4)CC2)C3)CC1.CC[C@H]1CC[C@H](C2CCC3(CC2)CC2(CCC([C@H]4CC[C@H](C)CC4)CC2)C3)CC1. The first-order valence-corrected chi connectivity index (χ1v) is 36.9. The van der Waals surface area contributed by atoms with E-state index in [1.54, 1.807) is 167 Å². The van der Waals surface area contributed by atoms with Crippen molar-refractivity contribution in [2.24, 2.45) is 80.8 Å². The van der Waals surface area contributed by atoms with E-state index in [4.69, 9.17) is 9.47 Å². The fraction of sp³-hybridized carbons (Fsp3) is 1.00. The van der Waals surface area contributed by atoms with Gasteiger partial charge in [-0.2, -0.15) is 0 Å². The highest BCUT2D eigenvalue weighted by molar-refractivity contribution is 5.08. The Morgan fingerprint density at radius 1 is 0.273 bits per heavy atom. The molecular weight excluding hydrogens is 933 g/mol. The third-order valence-corrected chi connectivity index (χ3v) is 26.7. The molecule has 0 saturated heterocycles. The molecule has 0 bridgehead atoms. The molecule has 4 spiro atoms. The van der Waals surface area contributed by atoms with Gasteiger partial charge in [0.15, 0.2) is 0 Å². The predicted molar refractivity (Wildman–Crippen MR) is 332 cm³/mol. The highest BCUT2D eigenvalue weighted by Crippen LogP contribution is 2.69. The zero-order chi connectivity index (χ0) is 53.2. The van der Waals surface area contributed by atoms with Crippen molar-refractivity contribution in [1.82, 2.24) is 0 Å². The second kappa shape index (κ2) is 31.2. The minimum absolute atomic E-state index is 0.579. The molecule has 10 saturated carbocycles. The Hall–Kier alpha value is -0.0800. The molecule has 10 aliphatic carbocycles. The molecule has 0 unspecified atom stereocenters. The van der Waals surface area contributed by atoms with Gasteiger partial charge in [0.2, 0.25) is 0 Å². The lowest BCUT2D eigenvalue weighted by Gasteiger charge is -2.62. The first kappa shape index (κ1) is 61.5. The van der Waals surface area contributed by atoms with Gasteiger partial charge in [-0.3, -0.25) is 0 Å². The summed E-state index contributed by atoms with van der Waals surface area (Å²) in [5, 5.41) is 0. The van der Waals surface area contributed by atoms with Crippen LogP contribution >= 0.6 is 0 Å². The van der Waals surface area contributed by atoms with E-state index in [0.717, 1.165) is 94.1 Å². The number of ether oxygens (including phenoxy) is 2. The molecule has 0 aromatic carbocycles. The Morgan fingerprint density at radius 3 is 0.805 bits per heavy atom. The monoisotopic (exact) mass is 1070 g/mol. The van der Waals surface area contributed by atoms with Gasteiger partial charge in [0, 0.05) is 13.2 Å². The van der Waals surface area contributed by atoms with E-state index in [9.17, 15) is 0 Å². The van der Waals surface area contributed by atoms with Crippen molar-refractivity contribution in [2.75, 3.05) is 13.2 Å². The molecule has 0 heterocycles. The summed E-state index contributed by atoms with van der Waals surface area (Å²) in [5.74, 6) is 10.6. The molecule has 0 aromatic rings. The normalized spacial score (nSPS) is 41.5. The maximum absolute atomic E-state index is 6.37. The lowest BCUT2D eigenvalue weighted by atomic mass is 9.43. The minimum Gasteiger partial charge on any atom is -0.378 e. The summed E-state index contributed by atoms with van der Waals surface area (Å²) in [6.45, 7) is 11.5. The smallest absolute Gasteiger partial charge is 0.0575 e. The van der Waals surface area contributed by atoms with Gasteiger partial charge in [0.05, 0.1) is 12.2 Å². The predicted octanol–water partition coefficient (Wildman–Crippen LogP) is 23.7. The van der Waals surface area contributed by atoms with Crippen molar-refractivity contribution >= 4 is 0 Å². The van der Waals surface area contributed by atoms with E-state index in [1.807, 2.05) is 0 Å². The van der Waals surface area contributed by atoms with Crippen LogP contribution in [-0.4, -0.2) is 25.4 Å². The lowest BCUT2D eigenvalue weighted by Crippen LogP contribution is -2.50. The largest absolute Gasteiger partial charge is 0.378 e. The van der Waals surface area contributed by atoms with E-state index in [-0.39, 0.29) is 0 Å². The average Bonchev–Trinajstić information content (AvgIpc) is 3.59. The highest BCUT2D eigenvalue weighted by atomic mass is 16.5. The fourth-order valence-corrected chi connectivity index (χ4v) is 21.6. The summed E-state index contributed by atoms with van der Waals surface area (Å²) in [5.41, 5.74) is 3.18. The Bertz CT molecular complexity index is 1460. The van der Waals surface area contributed by atoms with Crippen LogP contribution in [0.4, 0.5) is 0 Å². The molecule has 0 amide bonds. The van der Waals surface area contributed by atoms with E-state index < -0.39 is 0 Å². The maximum atomic E-state index is 6.37. The molecular formula is C75H134O2. The zero-order valence-corrected chi connectivity index (χ0v) is 52.6. The van der Waals surface area contributed by atoms with Crippen molar-refractivity contribution in [3.05, 3.63) is 0 Å². The van der Waals surface area contributed by atoms with Gasteiger partial charge in [0.1, 0.15) is 0 Å². The van der Waals surface area contributed by atoms with E-state index in [0.29, 0.717) is 12.2 Å². The molecule has 10 rings (SSSR count). The van der Waals surface area contributed by atoms with Crippen molar-refractivity contribution in [3.8, 4) is 0 Å². The Balaban J connectivity index is 0.000000211. The number of unbranched alkanes of at least 4 members (excludes halogenated alkanes) is 14. The van der Waals surface area contributed by atoms with E-state index in [2.05, 4.69) is 27.7 Å². The molecule has 0 radical (unpaired) electrons. The van der Waals surface area contributed by atoms with Crippen molar-refractivity contribution in [2.45, 2.75) is 380 Å². The first-order chi connectivity index (χ1) is 37.7. The first-order valence-electron chi connectivity index (χ1n) is 36.9. The van der Waals surface area contributed by atoms with Gasteiger partial charge < -0.3 is 9.47 Å². The van der Waals surface area contributed by atoms with E-state index in [1.165, 1.54) is 173 Å². The lowest BCUT2D eigenvalue weighted by molar-refractivity contribution is -0.111. The van der Waals surface area contributed by atoms with Gasteiger partial charge in [-0.15, -0.1) is 0 Å². The summed E-state index contributed by atoms with van der Waals surface area (Å²) in [6.07, 6.45) is 80.4. The van der Waals surface area contributed by atoms with Crippen LogP contribution in [0, 0.1) is 80.8 Å². The third-order valence-electron chi connectivity index (χ3n) is 26.7. The van der Waals surface area contributed by atoms with Crippen molar-refractivity contribution < 1.29 is 9.47 Å². The van der Waals surface area contributed by atoms with Crippen molar-refractivity contribution in [3.63, 3.8) is 0 Å². The van der Waals surface area contributed by atoms with Crippen molar-refractivity contribution in [1.29, 1.82) is 0 Å². The molecule has 0 aromatic heterocycles. The standard InChI is InChI=1S/C46H84O2.C29H50/c1-3-5-7-9-11-13-15-17-35-47-43-23-19-39(20-24-43)41-27-31-45(32-28-41)37-46(38-45)33-29-42(30-34-46)40-21-25-44(26-22-40)48-36-18-16-14-12-10-8-6-4-2;1-3-23-6-10-25(11-7-23)27-14-18-29(19-15-27)20-28(21-29)16-12-26(13-17-28)24-8-4-22(2)5-9-24/h39-44H,3-38H2,1-2H3;22-27H,3-21H2,1-2H3/t39-,40-,41?,42?,43-,44-,45?,46?;22-,23-,24-,25-,26?,27?,28?,29?. The van der Waals surface area contributed by atoms with Crippen LogP contribution < -0.4 is 0 Å². The van der Waals surface area contributed by atoms with Gasteiger partial charge >= 0.3 is 0 Å². The Labute approximate surface area is 481 Å². The molecule has 2 nitrogen and oxygen atoms in total. The summed E-state index contributed by atoms with van der Waals surface area (Å²) >= 11 is 0. The Kier molecular flexibility index (Phi) is 24.9. The summed E-state index contributed by atoms with van der Waals surface area (Å²) in [6, 6.07) is 0. The number of hydrogen-bond acceptors (Lipinski definition) is 2. The van der Waals surface area contributed by atoms with Gasteiger partial charge in [-0.05, 0) is 299 Å². The van der Waals surface area contributed by atoms with Crippen LogP contribution in [-0.2, 0) is 9.47 Å². The quantitative estimate of drug-likeness (QED) is 0.0849. The van der Waals surface area contributed by atoms with Crippen LogP contribution in [0.15, 0.2) is 0 Å². The maximum Gasteiger partial charge on any atom is 0.0575 e. The molecule has 77 heavy (non-hydrogen) atoms. The zero-order valence-electron chi connectivity index (χ0n) is 52.6. The second-order valence-electron chi connectivity index (χ2n) is 32.0. The Morgan fingerprint density at radius 2 is 0.519 bits per heavy atom. The molecule has 0 atom stereocenters. The second-order valence-corrected chi connectivity index (χ2v) is 32.0.